The van der Waals surface area contributed by atoms with Gasteiger partial charge >= 0.3 is 0 Å². The van der Waals surface area contributed by atoms with Gasteiger partial charge in [-0.15, -0.1) is 21.5 Å². The van der Waals surface area contributed by atoms with Gasteiger partial charge < -0.3 is 9.47 Å². The second-order valence-electron chi connectivity index (χ2n) is 7.86. The van der Waals surface area contributed by atoms with E-state index in [-0.39, 0.29) is 11.7 Å². The second-order valence-corrected chi connectivity index (χ2v) is 9.64. The molecule has 2 aromatic carbocycles. The number of hydrogen-bond acceptors (Lipinski definition) is 8. The number of anilines is 1. The van der Waals surface area contributed by atoms with Crippen molar-refractivity contribution in [3.05, 3.63) is 59.5 Å². The molecule has 0 saturated carbocycles. The van der Waals surface area contributed by atoms with Crippen LogP contribution in [0.4, 0.5) is 5.13 Å². The minimum absolute atomic E-state index is 0.0723. The van der Waals surface area contributed by atoms with Crippen molar-refractivity contribution < 1.29 is 14.3 Å². The molecule has 35 heavy (non-hydrogen) atoms. The number of rotatable bonds is 7. The Kier molecular flexibility index (Phi) is 6.31. The first-order chi connectivity index (χ1) is 17.0. The number of thioether (sulfide) groups is 1. The maximum absolute atomic E-state index is 13.0. The summed E-state index contributed by atoms with van der Waals surface area (Å²) in [6, 6.07) is 15.8. The van der Waals surface area contributed by atoms with Crippen molar-refractivity contribution in [2.75, 3.05) is 31.9 Å². The number of thiazole rings is 1. The third-order valence-electron chi connectivity index (χ3n) is 5.68. The van der Waals surface area contributed by atoms with Gasteiger partial charge in [0.1, 0.15) is 0 Å². The molecule has 0 aliphatic carbocycles. The van der Waals surface area contributed by atoms with Crippen molar-refractivity contribution in [1.29, 1.82) is 0 Å². The largest absolute Gasteiger partial charge is 0.493 e. The van der Waals surface area contributed by atoms with Gasteiger partial charge in [0, 0.05) is 29.4 Å². The molecule has 10 heteroatoms. The third-order valence-corrected chi connectivity index (χ3v) is 7.51. The molecule has 0 fully saturated rings. The van der Waals surface area contributed by atoms with Crippen LogP contribution in [-0.4, -0.2) is 52.5 Å². The number of methoxy groups -OCH3 is 2. The van der Waals surface area contributed by atoms with Gasteiger partial charge in [0.2, 0.25) is 5.91 Å². The molecular weight excluding hydrogens is 482 g/mol. The average Bonchev–Trinajstić information content (AvgIpc) is 3.55. The van der Waals surface area contributed by atoms with E-state index in [9.17, 15) is 4.79 Å². The Morgan fingerprint density at radius 1 is 1.09 bits per heavy atom. The number of hydrogen-bond donors (Lipinski definition) is 0. The fourth-order valence-electron chi connectivity index (χ4n) is 3.82. The van der Waals surface area contributed by atoms with E-state index in [1.165, 1.54) is 23.1 Å². The van der Waals surface area contributed by atoms with Gasteiger partial charge in [0.05, 0.1) is 31.2 Å². The molecule has 0 N–H and O–H groups in total. The first-order valence-corrected chi connectivity index (χ1v) is 12.7. The van der Waals surface area contributed by atoms with Crippen molar-refractivity contribution in [3.63, 3.8) is 0 Å². The number of nitrogens with zero attached hydrogens (tertiary/aromatic N) is 5. The van der Waals surface area contributed by atoms with Crippen LogP contribution >= 0.6 is 23.1 Å². The van der Waals surface area contributed by atoms with Crippen LogP contribution in [-0.2, 0) is 4.79 Å². The van der Waals surface area contributed by atoms with Crippen LogP contribution in [0.5, 0.6) is 11.5 Å². The van der Waals surface area contributed by atoms with Crippen molar-refractivity contribution in [2.45, 2.75) is 12.1 Å². The molecule has 3 aromatic heterocycles. The molecule has 0 atom stereocenters. The van der Waals surface area contributed by atoms with Gasteiger partial charge in [0.15, 0.2) is 27.4 Å². The zero-order valence-corrected chi connectivity index (χ0v) is 21.3. The minimum atomic E-state index is -0.0723. The van der Waals surface area contributed by atoms with Gasteiger partial charge in [-0.05, 0) is 24.6 Å². The number of ether oxygens (including phenoxy) is 2. The van der Waals surface area contributed by atoms with Crippen molar-refractivity contribution in [2.24, 2.45) is 0 Å². The van der Waals surface area contributed by atoms with Crippen LogP contribution in [0.15, 0.2) is 59.1 Å². The summed E-state index contributed by atoms with van der Waals surface area (Å²) in [7, 11) is 4.96. The fourth-order valence-corrected chi connectivity index (χ4v) is 5.49. The second kappa shape index (κ2) is 9.55. The van der Waals surface area contributed by atoms with Crippen molar-refractivity contribution >= 4 is 50.7 Å². The Morgan fingerprint density at radius 3 is 2.57 bits per heavy atom. The number of aromatic nitrogens is 4. The molecular formula is C25H23N5O3S2. The van der Waals surface area contributed by atoms with Crippen LogP contribution in [0, 0.1) is 6.92 Å². The third kappa shape index (κ3) is 4.30. The van der Waals surface area contributed by atoms with Gasteiger partial charge in [-0.2, -0.15) is 0 Å². The monoisotopic (exact) mass is 505 g/mol. The summed E-state index contributed by atoms with van der Waals surface area (Å²) in [6.07, 6.45) is 0. The Hall–Kier alpha value is -3.63. The smallest absolute Gasteiger partial charge is 0.238 e. The van der Waals surface area contributed by atoms with E-state index >= 15 is 0 Å². The summed E-state index contributed by atoms with van der Waals surface area (Å²) < 4.78 is 12.9. The molecule has 178 valence electrons. The maximum Gasteiger partial charge on any atom is 0.238 e. The molecule has 0 radical (unpaired) electrons. The Morgan fingerprint density at radius 2 is 1.83 bits per heavy atom. The topological polar surface area (TPSA) is 81.9 Å². The summed E-state index contributed by atoms with van der Waals surface area (Å²) in [5.41, 5.74) is 4.47. The van der Waals surface area contributed by atoms with Crippen LogP contribution < -0.4 is 14.4 Å². The molecule has 0 saturated heterocycles. The SMILES string of the molecule is COc1cc2cc(C)c3nnc(SCC(=O)N(C)c4nc(-c5ccccc5)cs4)n3c2cc1OC. The van der Waals surface area contributed by atoms with Gasteiger partial charge in [0.25, 0.3) is 0 Å². The number of benzene rings is 2. The molecule has 0 aliphatic rings. The first kappa shape index (κ1) is 23.1. The molecule has 1 amide bonds. The molecule has 0 spiro atoms. The van der Waals surface area contributed by atoms with Crippen molar-refractivity contribution in [1.82, 2.24) is 19.6 Å². The van der Waals surface area contributed by atoms with Gasteiger partial charge in [-0.1, -0.05) is 42.1 Å². The number of carbonyl (C=O) groups is 1. The lowest BCUT2D eigenvalue weighted by molar-refractivity contribution is -0.115. The highest BCUT2D eigenvalue weighted by molar-refractivity contribution is 7.99. The van der Waals surface area contributed by atoms with Crippen molar-refractivity contribution in [3.8, 4) is 22.8 Å². The average molecular weight is 506 g/mol. The normalized spacial score (nSPS) is 11.2. The molecule has 8 nitrogen and oxygen atoms in total. The summed E-state index contributed by atoms with van der Waals surface area (Å²) in [5, 5.41) is 13.0. The lowest BCUT2D eigenvalue weighted by Gasteiger charge is -2.14. The van der Waals surface area contributed by atoms with E-state index in [1.54, 1.807) is 26.2 Å². The number of pyridine rings is 1. The number of fused-ring (bicyclic) bond motifs is 3. The predicted octanol–water partition coefficient (Wildman–Crippen LogP) is 5.09. The van der Waals surface area contributed by atoms with E-state index in [4.69, 9.17) is 9.47 Å². The highest BCUT2D eigenvalue weighted by Gasteiger charge is 2.19. The van der Waals surface area contributed by atoms with E-state index < -0.39 is 0 Å². The van der Waals surface area contributed by atoms with Crippen LogP contribution in [0.1, 0.15) is 5.56 Å². The predicted molar refractivity (Wildman–Crippen MR) is 140 cm³/mol. The molecule has 5 aromatic rings. The van der Waals surface area contributed by atoms with Crippen LogP contribution in [0.2, 0.25) is 0 Å². The summed E-state index contributed by atoms with van der Waals surface area (Å²) >= 11 is 2.78. The quantitative estimate of drug-likeness (QED) is 0.285. The molecule has 0 aliphatic heterocycles. The van der Waals surface area contributed by atoms with Gasteiger partial charge in [-0.25, -0.2) is 4.98 Å². The lowest BCUT2D eigenvalue weighted by atomic mass is 10.1. The Bertz CT molecular complexity index is 1530. The van der Waals surface area contributed by atoms with E-state index in [0.29, 0.717) is 21.8 Å². The fraction of sp³-hybridized carbons (Fsp3) is 0.200. The Labute approximate surface area is 210 Å². The summed E-state index contributed by atoms with van der Waals surface area (Å²) in [5.74, 6) is 1.39. The van der Waals surface area contributed by atoms with Crippen LogP contribution in [0.25, 0.3) is 27.8 Å². The standard InChI is InChI=1S/C25H23N5O3S2/c1-15-10-17-11-20(32-3)21(33-4)12-19(17)30-23(15)27-28-25(30)35-14-22(31)29(2)24-26-18(13-34-24)16-8-6-5-7-9-16/h5-13H,14H2,1-4H3. The van der Waals surface area contributed by atoms with E-state index in [2.05, 4.69) is 15.2 Å². The number of carbonyl (C=O) groups excluding carboxylic acids is 1. The van der Waals surface area contributed by atoms with Gasteiger partial charge in [-0.3, -0.25) is 14.1 Å². The first-order valence-electron chi connectivity index (χ1n) is 10.8. The minimum Gasteiger partial charge on any atom is -0.493 e. The van der Waals surface area contributed by atoms with E-state index in [0.717, 1.165) is 33.4 Å². The zero-order chi connectivity index (χ0) is 24.5. The summed E-state index contributed by atoms with van der Waals surface area (Å²) in [4.78, 5) is 19.2. The molecule has 0 bridgehead atoms. The number of aryl methyl sites for hydroxylation is 1. The van der Waals surface area contributed by atoms with E-state index in [1.807, 2.05) is 65.2 Å². The molecule has 5 rings (SSSR count). The number of amides is 1. The maximum atomic E-state index is 13.0. The highest BCUT2D eigenvalue weighted by Crippen LogP contribution is 2.35. The molecule has 3 heterocycles. The lowest BCUT2D eigenvalue weighted by Crippen LogP contribution is -2.27. The summed E-state index contributed by atoms with van der Waals surface area (Å²) in [6.45, 7) is 1.99. The van der Waals surface area contributed by atoms with Crippen LogP contribution in [0.3, 0.4) is 0 Å². The molecule has 0 unspecified atom stereocenters. The highest BCUT2D eigenvalue weighted by atomic mass is 32.2. The Balaban J connectivity index is 1.41. The zero-order valence-electron chi connectivity index (χ0n) is 19.7.